The summed E-state index contributed by atoms with van der Waals surface area (Å²) < 4.78 is 0. The van der Waals surface area contributed by atoms with E-state index in [2.05, 4.69) is 28.1 Å². The van der Waals surface area contributed by atoms with Crippen molar-refractivity contribution in [1.82, 2.24) is 9.88 Å². The SMILES string of the molecule is Cc1cc(N(C)CC2(O)CCN(Cc3ccccc3)C2)c(C#N)c(C)n1. The van der Waals surface area contributed by atoms with Crippen molar-refractivity contribution in [2.75, 3.05) is 31.6 Å². The van der Waals surface area contributed by atoms with Crippen molar-refractivity contribution in [3.05, 3.63) is 58.9 Å². The molecular formula is C21H26N4O. The van der Waals surface area contributed by atoms with E-state index in [1.54, 1.807) is 0 Å². The third-order valence-electron chi connectivity index (χ3n) is 5.02. The van der Waals surface area contributed by atoms with Crippen LogP contribution in [-0.4, -0.2) is 47.3 Å². The highest BCUT2D eigenvalue weighted by atomic mass is 16.3. The molecule has 136 valence electrons. The molecule has 1 N–H and O–H groups in total. The van der Waals surface area contributed by atoms with Crippen LogP contribution in [0.2, 0.25) is 0 Å². The number of hydrogen-bond acceptors (Lipinski definition) is 5. The largest absolute Gasteiger partial charge is 0.387 e. The Morgan fingerprint density at radius 2 is 2.04 bits per heavy atom. The van der Waals surface area contributed by atoms with Crippen molar-refractivity contribution in [3.8, 4) is 6.07 Å². The van der Waals surface area contributed by atoms with Crippen LogP contribution in [0, 0.1) is 25.2 Å². The van der Waals surface area contributed by atoms with Gasteiger partial charge in [0.05, 0.1) is 22.5 Å². The summed E-state index contributed by atoms with van der Waals surface area (Å²) >= 11 is 0. The Kier molecular flexibility index (Phi) is 5.26. The normalized spacial score (nSPS) is 20.1. The van der Waals surface area contributed by atoms with Crippen molar-refractivity contribution in [2.45, 2.75) is 32.4 Å². The minimum atomic E-state index is -0.776. The van der Waals surface area contributed by atoms with Gasteiger partial charge >= 0.3 is 0 Å². The number of aryl methyl sites for hydroxylation is 2. The highest BCUT2D eigenvalue weighted by molar-refractivity contribution is 5.61. The van der Waals surface area contributed by atoms with Gasteiger partial charge in [-0.25, -0.2) is 0 Å². The van der Waals surface area contributed by atoms with Crippen LogP contribution in [0.3, 0.4) is 0 Å². The Bertz CT molecular complexity index is 815. The lowest BCUT2D eigenvalue weighted by molar-refractivity contribution is 0.0562. The molecule has 1 atom stereocenters. The third-order valence-corrected chi connectivity index (χ3v) is 5.02. The van der Waals surface area contributed by atoms with Gasteiger partial charge in [-0.2, -0.15) is 5.26 Å². The molecule has 0 radical (unpaired) electrons. The van der Waals surface area contributed by atoms with Gasteiger partial charge in [-0.1, -0.05) is 30.3 Å². The highest BCUT2D eigenvalue weighted by Crippen LogP contribution is 2.28. The topological polar surface area (TPSA) is 63.4 Å². The molecule has 3 rings (SSSR count). The van der Waals surface area contributed by atoms with E-state index in [9.17, 15) is 10.4 Å². The van der Waals surface area contributed by atoms with E-state index >= 15 is 0 Å². The fourth-order valence-corrected chi connectivity index (χ4v) is 3.82. The molecule has 2 aromatic rings. The summed E-state index contributed by atoms with van der Waals surface area (Å²) in [5, 5.41) is 20.6. The average Bonchev–Trinajstić information content (AvgIpc) is 2.95. The molecule has 2 heterocycles. The standard InChI is InChI=1S/C21H26N4O/c1-16-11-20(19(12-22)17(2)23-16)24(3)14-21(26)9-10-25(15-21)13-18-7-5-4-6-8-18/h4-8,11,26H,9-10,13-15H2,1-3H3. The number of likely N-dealkylation sites (tertiary alicyclic amines) is 1. The van der Waals surface area contributed by atoms with Crippen molar-refractivity contribution >= 4 is 5.69 Å². The zero-order chi connectivity index (χ0) is 18.7. The minimum Gasteiger partial charge on any atom is -0.387 e. The lowest BCUT2D eigenvalue weighted by Gasteiger charge is -2.31. The minimum absolute atomic E-state index is 0.496. The van der Waals surface area contributed by atoms with Crippen molar-refractivity contribution < 1.29 is 5.11 Å². The molecule has 0 bridgehead atoms. The molecule has 1 fully saturated rings. The van der Waals surface area contributed by atoms with E-state index in [0.717, 1.165) is 36.6 Å². The lowest BCUT2D eigenvalue weighted by atomic mass is 10.0. The number of nitrogens with zero attached hydrogens (tertiary/aromatic N) is 4. The molecule has 1 aromatic heterocycles. The predicted octanol–water partition coefficient (Wildman–Crippen LogP) is 2.64. The molecule has 0 amide bonds. The second-order valence-electron chi connectivity index (χ2n) is 7.38. The van der Waals surface area contributed by atoms with Crippen LogP contribution in [0.4, 0.5) is 5.69 Å². The Morgan fingerprint density at radius 1 is 1.31 bits per heavy atom. The van der Waals surface area contributed by atoms with Gasteiger partial charge in [-0.3, -0.25) is 9.88 Å². The van der Waals surface area contributed by atoms with Crippen molar-refractivity contribution in [2.24, 2.45) is 0 Å². The molecule has 1 saturated heterocycles. The molecule has 0 saturated carbocycles. The van der Waals surface area contributed by atoms with Gasteiger partial charge in [-0.15, -0.1) is 0 Å². The monoisotopic (exact) mass is 350 g/mol. The van der Waals surface area contributed by atoms with E-state index in [0.29, 0.717) is 18.7 Å². The van der Waals surface area contributed by atoms with E-state index < -0.39 is 5.60 Å². The molecule has 0 aliphatic carbocycles. The van der Waals surface area contributed by atoms with Crippen LogP contribution in [0.25, 0.3) is 0 Å². The summed E-state index contributed by atoms with van der Waals surface area (Å²) in [6, 6.07) is 14.5. The first-order valence-corrected chi connectivity index (χ1v) is 8.98. The second-order valence-corrected chi connectivity index (χ2v) is 7.38. The maximum absolute atomic E-state index is 11.1. The number of hydrogen-bond donors (Lipinski definition) is 1. The number of likely N-dealkylation sites (N-methyl/N-ethyl adjacent to an activating group) is 1. The van der Waals surface area contributed by atoms with Gasteiger partial charge in [0.2, 0.25) is 0 Å². The molecule has 5 nitrogen and oxygen atoms in total. The molecular weight excluding hydrogens is 324 g/mol. The van der Waals surface area contributed by atoms with Crippen LogP contribution in [-0.2, 0) is 6.54 Å². The molecule has 1 unspecified atom stereocenters. The number of β-amino-alcohol motifs (C(OH)–C–C–N with tert-alkyl or cyclic N) is 1. The summed E-state index contributed by atoms with van der Waals surface area (Å²) in [4.78, 5) is 8.66. The molecule has 0 spiro atoms. The Balaban J connectivity index is 1.70. The van der Waals surface area contributed by atoms with Gasteiger partial charge in [-0.05, 0) is 31.9 Å². The van der Waals surface area contributed by atoms with E-state index in [1.807, 2.05) is 50.1 Å². The summed E-state index contributed by atoms with van der Waals surface area (Å²) in [7, 11) is 1.94. The van der Waals surface area contributed by atoms with Crippen molar-refractivity contribution in [1.29, 1.82) is 5.26 Å². The number of nitriles is 1. The zero-order valence-corrected chi connectivity index (χ0v) is 15.7. The van der Waals surface area contributed by atoms with E-state index in [4.69, 9.17) is 0 Å². The summed E-state index contributed by atoms with van der Waals surface area (Å²) in [5.74, 6) is 0. The van der Waals surface area contributed by atoms with E-state index in [1.165, 1.54) is 5.56 Å². The maximum Gasteiger partial charge on any atom is 0.103 e. The average molecular weight is 350 g/mol. The Hall–Kier alpha value is -2.42. The smallest absolute Gasteiger partial charge is 0.103 e. The zero-order valence-electron chi connectivity index (χ0n) is 15.7. The Morgan fingerprint density at radius 3 is 2.73 bits per heavy atom. The maximum atomic E-state index is 11.1. The first kappa shape index (κ1) is 18.4. The third kappa shape index (κ3) is 4.04. The van der Waals surface area contributed by atoms with Crippen molar-refractivity contribution in [3.63, 3.8) is 0 Å². The summed E-state index contributed by atoms with van der Waals surface area (Å²) in [5.41, 5.74) is 3.53. The Labute approximate surface area is 155 Å². The lowest BCUT2D eigenvalue weighted by Crippen LogP contribution is -2.44. The van der Waals surface area contributed by atoms with Gasteiger partial charge in [0.25, 0.3) is 0 Å². The summed E-state index contributed by atoms with van der Waals surface area (Å²) in [6.07, 6.45) is 0.731. The van der Waals surface area contributed by atoms with Gasteiger partial charge < -0.3 is 10.0 Å². The number of pyridine rings is 1. The molecule has 1 aromatic carbocycles. The highest BCUT2D eigenvalue weighted by Gasteiger charge is 2.37. The fourth-order valence-electron chi connectivity index (χ4n) is 3.82. The number of anilines is 1. The molecule has 5 heteroatoms. The first-order chi connectivity index (χ1) is 12.4. The molecule has 1 aliphatic heterocycles. The number of benzene rings is 1. The van der Waals surface area contributed by atoms with Crippen LogP contribution in [0.15, 0.2) is 36.4 Å². The quantitative estimate of drug-likeness (QED) is 0.898. The molecule has 26 heavy (non-hydrogen) atoms. The summed E-state index contributed by atoms with van der Waals surface area (Å²) in [6.45, 7) is 6.64. The van der Waals surface area contributed by atoms with Crippen LogP contribution < -0.4 is 4.90 Å². The predicted molar refractivity (Wildman–Crippen MR) is 103 cm³/mol. The van der Waals surface area contributed by atoms with Gasteiger partial charge in [0.1, 0.15) is 6.07 Å². The second kappa shape index (κ2) is 7.45. The first-order valence-electron chi connectivity index (χ1n) is 8.98. The van der Waals surface area contributed by atoms with Crippen LogP contribution in [0.5, 0.6) is 0 Å². The van der Waals surface area contributed by atoms with Gasteiger partial charge in [0, 0.05) is 38.9 Å². The fraction of sp³-hybridized carbons (Fsp3) is 0.429. The van der Waals surface area contributed by atoms with E-state index in [-0.39, 0.29) is 0 Å². The number of rotatable bonds is 5. The number of aromatic nitrogens is 1. The van der Waals surface area contributed by atoms with Crippen LogP contribution in [0.1, 0.15) is 28.9 Å². The van der Waals surface area contributed by atoms with Gasteiger partial charge in [0.15, 0.2) is 0 Å². The van der Waals surface area contributed by atoms with Crippen LogP contribution >= 0.6 is 0 Å². The number of aliphatic hydroxyl groups is 1. The molecule has 1 aliphatic rings.